The Balaban J connectivity index is 1.97. The van der Waals surface area contributed by atoms with E-state index in [9.17, 15) is 42.3 Å². The van der Waals surface area contributed by atoms with Crippen molar-refractivity contribution in [2.24, 2.45) is 0 Å². The SMILES string of the molecule is O=C(O)CCCCCCCCCCCCCCCCC(=O)NC(CCC(=O)NCCOCCOCC(=O)NCCOCCOCC(=O)Oc1c(Cl)cc(S(=O)(=O)O)cc1Cl)C(=O)O. The molecule has 22 heteroatoms. The van der Waals surface area contributed by atoms with Gasteiger partial charge in [-0.05, 0) is 31.4 Å². The smallest absolute Gasteiger partial charge is 0.337 e. The summed E-state index contributed by atoms with van der Waals surface area (Å²) in [7, 11) is -4.56. The van der Waals surface area contributed by atoms with Crippen molar-refractivity contribution in [3.8, 4) is 5.75 Å². The third kappa shape index (κ3) is 31.8. The number of benzene rings is 1. The molecule has 3 amide bonds. The first-order valence-electron chi connectivity index (χ1n) is 21.4. The molecule has 0 saturated carbocycles. The number of halogens is 2. The van der Waals surface area contributed by atoms with E-state index in [1.165, 1.54) is 38.5 Å². The lowest BCUT2D eigenvalue weighted by molar-refractivity contribution is -0.142. The molecule has 0 heterocycles. The summed E-state index contributed by atoms with van der Waals surface area (Å²) in [5.41, 5.74) is 0. The minimum atomic E-state index is -4.56. The monoisotopic (exact) mass is 957 g/mol. The second-order valence-electron chi connectivity index (χ2n) is 14.5. The highest BCUT2D eigenvalue weighted by molar-refractivity contribution is 7.85. The van der Waals surface area contributed by atoms with Crippen molar-refractivity contribution in [1.29, 1.82) is 0 Å². The molecule has 0 radical (unpaired) electrons. The van der Waals surface area contributed by atoms with Crippen LogP contribution < -0.4 is 20.7 Å². The van der Waals surface area contributed by atoms with E-state index in [0.717, 1.165) is 57.1 Å². The molecule has 0 aliphatic carbocycles. The molecular weight excluding hydrogens is 893 g/mol. The summed E-state index contributed by atoms with van der Waals surface area (Å²) in [6.45, 7) is 0.350. The van der Waals surface area contributed by atoms with Gasteiger partial charge in [-0.3, -0.25) is 23.7 Å². The topological polar surface area (TPSA) is 279 Å². The van der Waals surface area contributed by atoms with Crippen LogP contribution in [0.5, 0.6) is 5.75 Å². The first kappa shape index (κ1) is 57.4. The summed E-state index contributed by atoms with van der Waals surface area (Å²) in [4.78, 5) is 70.0. The zero-order valence-electron chi connectivity index (χ0n) is 35.8. The van der Waals surface area contributed by atoms with Gasteiger partial charge < -0.3 is 49.8 Å². The molecule has 0 aliphatic heterocycles. The van der Waals surface area contributed by atoms with Gasteiger partial charge >= 0.3 is 17.9 Å². The van der Waals surface area contributed by atoms with Crippen LogP contribution in [0.2, 0.25) is 10.0 Å². The Morgan fingerprint density at radius 3 is 1.49 bits per heavy atom. The summed E-state index contributed by atoms with van der Waals surface area (Å²) in [6.07, 6.45) is 15.3. The Kier molecular flexibility index (Phi) is 32.5. The number of hydrogen-bond acceptors (Lipinski definition) is 13. The van der Waals surface area contributed by atoms with Crippen LogP contribution in [0.1, 0.15) is 116 Å². The molecule has 360 valence electrons. The molecule has 0 fully saturated rings. The fraction of sp³-hybridized carbons (Fsp3) is 0.707. The molecule has 0 aromatic heterocycles. The number of aliphatic carboxylic acids is 2. The Labute approximate surface area is 379 Å². The quantitative estimate of drug-likeness (QED) is 0.0215. The third-order valence-electron chi connectivity index (χ3n) is 9.16. The Hall–Kier alpha value is -3.63. The van der Waals surface area contributed by atoms with Crippen LogP contribution in [-0.2, 0) is 57.8 Å². The first-order chi connectivity index (χ1) is 30.1. The van der Waals surface area contributed by atoms with Gasteiger partial charge in [0.2, 0.25) is 17.7 Å². The highest BCUT2D eigenvalue weighted by Gasteiger charge is 2.21. The summed E-state index contributed by atoms with van der Waals surface area (Å²) in [5, 5.41) is 25.3. The fourth-order valence-electron chi connectivity index (χ4n) is 5.83. The largest absolute Gasteiger partial charge is 0.481 e. The maximum Gasteiger partial charge on any atom is 0.337 e. The number of carboxylic acids is 2. The van der Waals surface area contributed by atoms with Gasteiger partial charge in [0.05, 0.1) is 54.6 Å². The van der Waals surface area contributed by atoms with E-state index in [2.05, 4.69) is 16.0 Å². The molecule has 0 aliphatic rings. The fourth-order valence-corrected chi connectivity index (χ4v) is 7.06. The number of ether oxygens (including phenoxy) is 5. The van der Waals surface area contributed by atoms with E-state index in [-0.39, 0.29) is 119 Å². The Bertz CT molecular complexity index is 1610. The van der Waals surface area contributed by atoms with Crippen LogP contribution in [-0.4, -0.2) is 131 Å². The number of unbranched alkanes of at least 4 members (excludes halogenated alkanes) is 13. The van der Waals surface area contributed by atoms with E-state index in [1.807, 2.05) is 0 Å². The van der Waals surface area contributed by atoms with Crippen LogP contribution in [0.15, 0.2) is 17.0 Å². The summed E-state index contributed by atoms with van der Waals surface area (Å²) in [6, 6.07) is 0.587. The van der Waals surface area contributed by atoms with Crippen molar-refractivity contribution in [3.05, 3.63) is 22.2 Å². The second kappa shape index (κ2) is 35.7. The van der Waals surface area contributed by atoms with Gasteiger partial charge in [0, 0.05) is 32.4 Å². The number of carbonyl (C=O) groups is 6. The molecule has 1 aromatic rings. The number of hydrogen-bond donors (Lipinski definition) is 6. The van der Waals surface area contributed by atoms with E-state index >= 15 is 0 Å². The average molecular weight is 959 g/mol. The Morgan fingerprint density at radius 1 is 0.571 bits per heavy atom. The maximum absolute atomic E-state index is 12.3. The number of nitrogens with one attached hydrogen (secondary N) is 3. The van der Waals surface area contributed by atoms with Crippen molar-refractivity contribution in [1.82, 2.24) is 16.0 Å². The molecule has 0 saturated heterocycles. The van der Waals surface area contributed by atoms with E-state index in [1.54, 1.807) is 0 Å². The molecule has 1 aromatic carbocycles. The number of rotatable bonds is 40. The molecule has 1 atom stereocenters. The standard InChI is InChI=1S/C41H65Cl2N3O16S/c42-32-27-31(63(55,56)57)28-33(43)40(32)62-39(52)30-61-26-24-59-22-20-45-37(49)29-60-25-23-58-21-19-44-35(47)18-17-34(41(53)54)46-36(48)15-13-11-9-7-5-3-1-2-4-6-8-10-12-14-16-38(50)51/h27-28,34H,1-26,29-30H2,(H,44,47)(H,45,49)(H,46,48)(H,50,51)(H,53,54)(H,55,56,57). The minimum Gasteiger partial charge on any atom is -0.481 e. The number of amides is 3. The Morgan fingerprint density at radius 2 is 1.02 bits per heavy atom. The van der Waals surface area contributed by atoms with Crippen LogP contribution in [0, 0.1) is 0 Å². The molecule has 0 spiro atoms. The molecule has 19 nitrogen and oxygen atoms in total. The molecule has 1 rings (SSSR count). The van der Waals surface area contributed by atoms with Gasteiger partial charge in [-0.1, -0.05) is 100 Å². The van der Waals surface area contributed by atoms with Gasteiger partial charge in [0.1, 0.15) is 19.3 Å². The normalized spacial score (nSPS) is 11.8. The van der Waals surface area contributed by atoms with Gasteiger partial charge in [-0.15, -0.1) is 0 Å². The highest BCUT2D eigenvalue weighted by Crippen LogP contribution is 2.35. The molecule has 63 heavy (non-hydrogen) atoms. The third-order valence-corrected chi connectivity index (χ3v) is 10.6. The molecular formula is C41H65Cl2N3O16S. The number of carbonyl (C=O) groups excluding carboxylic acids is 4. The van der Waals surface area contributed by atoms with Gasteiger partial charge in [-0.2, -0.15) is 8.42 Å². The molecule has 6 N–H and O–H groups in total. The lowest BCUT2D eigenvalue weighted by Crippen LogP contribution is -2.41. The predicted octanol–water partition coefficient (Wildman–Crippen LogP) is 5.12. The first-order valence-corrected chi connectivity index (χ1v) is 23.5. The lowest BCUT2D eigenvalue weighted by atomic mass is 10.0. The van der Waals surface area contributed by atoms with Crippen LogP contribution in [0.3, 0.4) is 0 Å². The second-order valence-corrected chi connectivity index (χ2v) is 16.8. The summed E-state index contributed by atoms with van der Waals surface area (Å²) >= 11 is 11.8. The molecule has 1 unspecified atom stereocenters. The van der Waals surface area contributed by atoms with Crippen molar-refractivity contribution < 1.29 is 75.6 Å². The minimum absolute atomic E-state index is 0.0110. The zero-order valence-corrected chi connectivity index (χ0v) is 38.2. The van der Waals surface area contributed by atoms with E-state index in [4.69, 9.17) is 56.5 Å². The maximum atomic E-state index is 12.3. The molecule has 0 bridgehead atoms. The highest BCUT2D eigenvalue weighted by atomic mass is 35.5. The van der Waals surface area contributed by atoms with Crippen molar-refractivity contribution in [2.75, 3.05) is 65.9 Å². The van der Waals surface area contributed by atoms with Gasteiger partial charge in [-0.25, -0.2) is 9.59 Å². The predicted molar refractivity (Wildman–Crippen MR) is 232 cm³/mol. The number of carboxylic acid groups (broad SMARTS) is 2. The van der Waals surface area contributed by atoms with Crippen LogP contribution in [0.4, 0.5) is 0 Å². The van der Waals surface area contributed by atoms with Gasteiger partial charge in [0.25, 0.3) is 10.1 Å². The van der Waals surface area contributed by atoms with Crippen LogP contribution in [0.25, 0.3) is 0 Å². The van der Waals surface area contributed by atoms with Crippen molar-refractivity contribution in [3.63, 3.8) is 0 Å². The van der Waals surface area contributed by atoms with Gasteiger partial charge in [0.15, 0.2) is 5.75 Å². The van der Waals surface area contributed by atoms with Crippen LogP contribution >= 0.6 is 23.2 Å². The summed E-state index contributed by atoms with van der Waals surface area (Å²) < 4.78 is 57.6. The summed E-state index contributed by atoms with van der Waals surface area (Å²) in [5.74, 6) is -4.20. The van der Waals surface area contributed by atoms with Crippen molar-refractivity contribution in [2.45, 2.75) is 127 Å². The lowest BCUT2D eigenvalue weighted by Gasteiger charge is -2.14. The zero-order chi connectivity index (χ0) is 46.7. The average Bonchev–Trinajstić information content (AvgIpc) is 3.21. The van der Waals surface area contributed by atoms with E-state index < -0.39 is 45.6 Å². The van der Waals surface area contributed by atoms with Crippen molar-refractivity contribution >= 4 is 68.9 Å². The van der Waals surface area contributed by atoms with E-state index in [0.29, 0.717) is 6.42 Å². The number of esters is 1.